The van der Waals surface area contributed by atoms with Gasteiger partial charge in [-0.15, -0.1) is 0 Å². The van der Waals surface area contributed by atoms with Crippen molar-refractivity contribution in [3.05, 3.63) is 40.7 Å². The Morgan fingerprint density at radius 2 is 2.12 bits per heavy atom. The Morgan fingerprint density at radius 1 is 1.42 bits per heavy atom. The summed E-state index contributed by atoms with van der Waals surface area (Å²) < 4.78 is 28.5. The highest BCUT2D eigenvalue weighted by molar-refractivity contribution is 7.53. The number of alkyl halides is 3. The van der Waals surface area contributed by atoms with E-state index in [1.807, 2.05) is 0 Å². The summed E-state index contributed by atoms with van der Waals surface area (Å²) in [5.74, 6) is -3.21. The summed E-state index contributed by atoms with van der Waals surface area (Å²) in [5, 5.41) is 16.6. The van der Waals surface area contributed by atoms with Crippen LogP contribution in [0.15, 0.2) is 29.6 Å². The number of rotatable bonds is 8. The van der Waals surface area contributed by atoms with Crippen molar-refractivity contribution in [2.45, 2.75) is 3.79 Å². The summed E-state index contributed by atoms with van der Waals surface area (Å²) in [6.45, 7) is 0. The van der Waals surface area contributed by atoms with Gasteiger partial charge >= 0.3 is 7.60 Å². The van der Waals surface area contributed by atoms with Crippen LogP contribution in [-0.4, -0.2) is 44.6 Å². The summed E-state index contributed by atoms with van der Waals surface area (Å²) in [6, 6.07) is 4.53. The molecule has 0 spiro atoms. The first kappa shape index (κ1) is 26.8. The van der Waals surface area contributed by atoms with E-state index in [-0.39, 0.29) is 27.0 Å². The fourth-order valence-corrected chi connectivity index (χ4v) is 3.78. The molecule has 0 bridgehead atoms. The second kappa shape index (κ2) is 11.1. The van der Waals surface area contributed by atoms with E-state index in [0.29, 0.717) is 0 Å². The zero-order chi connectivity index (χ0) is 24.8. The average molecular weight is 559 g/mol. The van der Waals surface area contributed by atoms with Gasteiger partial charge in [0.25, 0.3) is 15.6 Å². The molecular weight excluding hydrogens is 547 g/mol. The molecule has 3 N–H and O–H groups in total. The van der Waals surface area contributed by atoms with Crippen LogP contribution < -0.4 is 15.2 Å². The highest BCUT2D eigenvalue weighted by Crippen LogP contribution is 2.41. The summed E-state index contributed by atoms with van der Waals surface area (Å²) >= 11 is 17.2. The molecule has 2 aromatic rings. The van der Waals surface area contributed by atoms with Gasteiger partial charge in [-0.05, 0) is 12.1 Å². The molecule has 0 fully saturated rings. The lowest BCUT2D eigenvalue weighted by molar-refractivity contribution is -0.115. The Hall–Kier alpha value is -2.46. The van der Waals surface area contributed by atoms with Gasteiger partial charge in [-0.2, -0.15) is 5.26 Å². The predicted molar refractivity (Wildman–Crippen MR) is 119 cm³/mol. The van der Waals surface area contributed by atoms with Crippen molar-refractivity contribution in [3.8, 4) is 11.8 Å². The molecule has 1 unspecified atom stereocenters. The molecule has 0 aliphatic heterocycles. The molecule has 33 heavy (non-hydrogen) atoms. The average Bonchev–Trinajstić information content (AvgIpc) is 3.17. The Morgan fingerprint density at radius 3 is 2.70 bits per heavy atom. The van der Waals surface area contributed by atoms with Gasteiger partial charge in [0.1, 0.15) is 31.0 Å². The zero-order valence-corrected chi connectivity index (χ0v) is 20.2. The second-order valence-electron chi connectivity index (χ2n) is 5.75. The number of nitrogens with zero attached hydrogens (tertiary/aromatic N) is 3. The lowest BCUT2D eigenvalue weighted by atomic mass is 10.2. The molecule has 0 saturated heterocycles. The van der Waals surface area contributed by atoms with Crippen molar-refractivity contribution in [2.75, 3.05) is 18.7 Å². The number of halogens is 4. The molecule has 1 aromatic carbocycles. The van der Waals surface area contributed by atoms with E-state index in [9.17, 15) is 23.4 Å². The van der Waals surface area contributed by atoms with E-state index in [4.69, 9.17) is 44.6 Å². The van der Waals surface area contributed by atoms with Crippen LogP contribution in [0.25, 0.3) is 0 Å². The van der Waals surface area contributed by atoms with Gasteiger partial charge in [0.05, 0.1) is 10.4 Å². The van der Waals surface area contributed by atoms with Crippen molar-refractivity contribution in [2.24, 2.45) is 5.16 Å². The summed E-state index contributed by atoms with van der Waals surface area (Å²) in [5.41, 5.74) is -0.633. The number of carbonyl (C=O) groups excluding carboxylic acids is 2. The maximum Gasteiger partial charge on any atom is 0.395 e. The molecular formula is C16H12Cl3FN5O6PS. The third kappa shape index (κ3) is 7.82. The molecule has 2 amide bonds. The smallest absolute Gasteiger partial charge is 0.395 e. The zero-order valence-electron chi connectivity index (χ0n) is 16.2. The molecule has 0 aliphatic carbocycles. The second-order valence-corrected chi connectivity index (χ2v) is 10.8. The van der Waals surface area contributed by atoms with Crippen LogP contribution in [0, 0.1) is 17.1 Å². The van der Waals surface area contributed by atoms with Crippen molar-refractivity contribution in [1.82, 2.24) is 10.3 Å². The Labute approximate surface area is 204 Å². The van der Waals surface area contributed by atoms with E-state index in [1.54, 1.807) is 6.07 Å². The normalized spacial score (nSPS) is 13.4. The highest BCUT2D eigenvalue weighted by Gasteiger charge is 2.32. The standard InChI is InChI=1S/C16H12Cl3FN5O6PS/c1-30-25-12(11-6-22-15(33-11)24-14(27)16(17,18)19)13(26)23-7-32(28,29)31-9-3-2-8(5-21)10(20)4-9/h2-4,6H,7H2,1H3,(H,23,26)(H,28,29)(H,22,24,27)/b25-12-. The molecule has 176 valence electrons. The van der Waals surface area contributed by atoms with Crippen LogP contribution in [0.2, 0.25) is 0 Å². The topological polar surface area (TPSA) is 163 Å². The van der Waals surface area contributed by atoms with Crippen LogP contribution in [0.4, 0.5) is 9.52 Å². The summed E-state index contributed by atoms with van der Waals surface area (Å²) in [7, 11) is -3.33. The summed E-state index contributed by atoms with van der Waals surface area (Å²) in [6.07, 6.45) is 0.274. The number of nitrogens with one attached hydrogen (secondary N) is 2. The van der Waals surface area contributed by atoms with Gasteiger partial charge in [-0.3, -0.25) is 14.9 Å². The van der Waals surface area contributed by atoms with Crippen LogP contribution in [0.1, 0.15) is 10.4 Å². The number of benzene rings is 1. The molecule has 1 atom stereocenters. The third-order valence-electron chi connectivity index (χ3n) is 3.36. The number of nitriles is 1. The van der Waals surface area contributed by atoms with E-state index < -0.39 is 35.3 Å². The Kier molecular flexibility index (Phi) is 9.02. The third-order valence-corrected chi connectivity index (χ3v) is 5.85. The monoisotopic (exact) mass is 557 g/mol. The first-order chi connectivity index (χ1) is 15.4. The number of oxime groups is 1. The molecule has 11 nitrogen and oxygen atoms in total. The van der Waals surface area contributed by atoms with Crippen LogP contribution in [0.5, 0.6) is 5.75 Å². The van der Waals surface area contributed by atoms with Crippen molar-refractivity contribution in [3.63, 3.8) is 0 Å². The summed E-state index contributed by atoms with van der Waals surface area (Å²) in [4.78, 5) is 42.7. The van der Waals surface area contributed by atoms with Gasteiger partial charge in [0, 0.05) is 12.3 Å². The minimum Gasteiger partial charge on any atom is -0.423 e. The van der Waals surface area contributed by atoms with Crippen molar-refractivity contribution < 1.29 is 32.8 Å². The van der Waals surface area contributed by atoms with Crippen molar-refractivity contribution in [1.29, 1.82) is 5.26 Å². The SMILES string of the molecule is CO/N=C(\C(=O)NCP(=O)(O)Oc1ccc(C#N)c(F)c1)c1cnc(NC(=O)C(Cl)(Cl)Cl)s1. The van der Waals surface area contributed by atoms with E-state index in [0.717, 1.165) is 42.8 Å². The lowest BCUT2D eigenvalue weighted by Crippen LogP contribution is -2.32. The first-order valence-corrected chi connectivity index (χ1v) is 12.0. The predicted octanol–water partition coefficient (Wildman–Crippen LogP) is 3.15. The molecule has 1 aromatic heterocycles. The maximum atomic E-state index is 13.6. The number of aromatic nitrogens is 1. The van der Waals surface area contributed by atoms with Gasteiger partial charge in [-0.25, -0.2) is 13.9 Å². The van der Waals surface area contributed by atoms with Gasteiger partial charge < -0.3 is 19.6 Å². The van der Waals surface area contributed by atoms with Crippen LogP contribution >= 0.6 is 53.7 Å². The fraction of sp³-hybridized carbons (Fsp3) is 0.188. The lowest BCUT2D eigenvalue weighted by Gasteiger charge is -2.14. The first-order valence-electron chi connectivity index (χ1n) is 8.31. The number of carbonyl (C=O) groups is 2. The minimum absolute atomic E-state index is 0.0306. The molecule has 2 rings (SSSR count). The molecule has 0 saturated carbocycles. The Balaban J connectivity index is 2.08. The minimum atomic E-state index is -4.48. The number of thiazole rings is 1. The molecule has 17 heteroatoms. The van der Waals surface area contributed by atoms with Crippen LogP contribution in [-0.2, 0) is 19.0 Å². The Bertz CT molecular complexity index is 1180. The number of amides is 2. The van der Waals surface area contributed by atoms with E-state index in [2.05, 4.69) is 25.6 Å². The van der Waals surface area contributed by atoms with Gasteiger partial charge in [0.15, 0.2) is 10.8 Å². The fourth-order valence-electron chi connectivity index (χ4n) is 1.99. The quantitative estimate of drug-likeness (QED) is 0.193. The largest absolute Gasteiger partial charge is 0.423 e. The number of hydrogen-bond donors (Lipinski definition) is 3. The number of hydrogen-bond acceptors (Lipinski definition) is 9. The van der Waals surface area contributed by atoms with Crippen LogP contribution in [0.3, 0.4) is 0 Å². The van der Waals surface area contributed by atoms with Gasteiger partial charge in [-0.1, -0.05) is 51.3 Å². The number of anilines is 1. The molecule has 1 heterocycles. The highest BCUT2D eigenvalue weighted by atomic mass is 35.6. The van der Waals surface area contributed by atoms with E-state index in [1.165, 1.54) is 0 Å². The molecule has 0 radical (unpaired) electrons. The van der Waals surface area contributed by atoms with E-state index >= 15 is 0 Å². The molecule has 0 aliphatic rings. The maximum absolute atomic E-state index is 13.6. The van der Waals surface area contributed by atoms with Gasteiger partial charge in [0.2, 0.25) is 0 Å². The van der Waals surface area contributed by atoms with Crippen molar-refractivity contribution >= 4 is 76.4 Å².